The number of nitrogens with two attached hydrogens (primary N) is 2. The van der Waals surface area contributed by atoms with Crippen LogP contribution in [0.3, 0.4) is 0 Å². The maximum Gasteiger partial charge on any atom is 0.251 e. The molecule has 0 fully saturated rings. The van der Waals surface area contributed by atoms with Gasteiger partial charge in [-0.3, -0.25) is 14.6 Å². The Hall–Kier alpha value is -4.08. The maximum absolute atomic E-state index is 12.3. The van der Waals surface area contributed by atoms with E-state index in [0.717, 1.165) is 28.1 Å². The number of nitrogen functional groups attached to an aromatic ring is 1. The van der Waals surface area contributed by atoms with E-state index < -0.39 is 5.54 Å². The number of pyridine rings is 1. The normalized spacial score (nSPS) is 11.2. The van der Waals surface area contributed by atoms with E-state index >= 15 is 0 Å². The van der Waals surface area contributed by atoms with Gasteiger partial charge < -0.3 is 22.1 Å². The number of aromatic nitrogens is 2. The second-order valence-corrected chi connectivity index (χ2v) is 9.48. The summed E-state index contributed by atoms with van der Waals surface area (Å²) in [4.78, 5) is 33.4. The Morgan fingerprint density at radius 1 is 1.00 bits per heavy atom. The Balaban J connectivity index is 1.41. The number of nitrogens with zero attached hydrogens (tertiary/aromatic N) is 2. The standard InChI is InChI=1S/C26H26N6O2S/c1-26(2,28)22-13-18(10-11-29-22)17-4-3-5-19(12-17)21-15-35-25(31-21)32-23(33)14-30-24(34)16-6-8-20(27)9-7-16/h3-13,15H,14,27-28H2,1-2H3,(H,30,34)(H,31,32,33). The molecular formula is C26H26N6O2S. The Morgan fingerprint density at radius 2 is 1.71 bits per heavy atom. The molecule has 2 amide bonds. The molecule has 0 aliphatic carbocycles. The van der Waals surface area contributed by atoms with Crippen molar-refractivity contribution in [2.75, 3.05) is 17.6 Å². The lowest BCUT2D eigenvalue weighted by molar-refractivity contribution is -0.115. The maximum atomic E-state index is 12.3. The summed E-state index contributed by atoms with van der Waals surface area (Å²) in [5, 5.41) is 7.65. The van der Waals surface area contributed by atoms with Crippen molar-refractivity contribution in [2.45, 2.75) is 19.4 Å². The highest BCUT2D eigenvalue weighted by molar-refractivity contribution is 7.14. The van der Waals surface area contributed by atoms with E-state index in [-0.39, 0.29) is 18.4 Å². The molecule has 9 heteroatoms. The molecule has 2 heterocycles. The number of hydrogen-bond acceptors (Lipinski definition) is 7. The van der Waals surface area contributed by atoms with E-state index in [1.54, 1.807) is 30.5 Å². The van der Waals surface area contributed by atoms with Gasteiger partial charge in [0.15, 0.2) is 5.13 Å². The summed E-state index contributed by atoms with van der Waals surface area (Å²) in [6, 6.07) is 18.4. The van der Waals surface area contributed by atoms with Crippen LogP contribution in [0.25, 0.3) is 22.4 Å². The molecule has 0 aliphatic rings. The number of hydrogen-bond donors (Lipinski definition) is 4. The number of thiazole rings is 1. The highest BCUT2D eigenvalue weighted by Gasteiger charge is 2.17. The van der Waals surface area contributed by atoms with Crippen LogP contribution >= 0.6 is 11.3 Å². The predicted octanol–water partition coefficient (Wildman–Crippen LogP) is 4.02. The molecule has 0 bridgehead atoms. The van der Waals surface area contributed by atoms with Gasteiger partial charge >= 0.3 is 0 Å². The predicted molar refractivity (Wildman–Crippen MR) is 140 cm³/mol. The molecule has 0 atom stereocenters. The van der Waals surface area contributed by atoms with Crippen LogP contribution in [-0.2, 0) is 10.3 Å². The van der Waals surface area contributed by atoms with Gasteiger partial charge in [0.25, 0.3) is 5.91 Å². The number of nitrogens with one attached hydrogen (secondary N) is 2. The zero-order chi connectivity index (χ0) is 25.0. The first-order valence-electron chi connectivity index (χ1n) is 10.9. The van der Waals surface area contributed by atoms with Crippen molar-refractivity contribution in [3.8, 4) is 22.4 Å². The number of benzene rings is 2. The van der Waals surface area contributed by atoms with Gasteiger partial charge in [0, 0.05) is 28.4 Å². The highest BCUT2D eigenvalue weighted by Crippen LogP contribution is 2.30. The van der Waals surface area contributed by atoms with E-state index in [9.17, 15) is 9.59 Å². The third-order valence-electron chi connectivity index (χ3n) is 5.24. The highest BCUT2D eigenvalue weighted by atomic mass is 32.1. The first-order chi connectivity index (χ1) is 16.7. The molecule has 0 radical (unpaired) electrons. The third kappa shape index (κ3) is 6.08. The average Bonchev–Trinajstić information content (AvgIpc) is 3.31. The second-order valence-electron chi connectivity index (χ2n) is 8.62. The van der Waals surface area contributed by atoms with Crippen molar-refractivity contribution < 1.29 is 9.59 Å². The van der Waals surface area contributed by atoms with Crippen LogP contribution in [0.2, 0.25) is 0 Å². The fraction of sp³-hybridized carbons (Fsp3) is 0.154. The van der Waals surface area contributed by atoms with Gasteiger partial charge in [-0.15, -0.1) is 11.3 Å². The van der Waals surface area contributed by atoms with Gasteiger partial charge in [-0.2, -0.15) is 0 Å². The topological polar surface area (TPSA) is 136 Å². The van der Waals surface area contributed by atoms with Crippen LogP contribution in [0.15, 0.2) is 72.2 Å². The summed E-state index contributed by atoms with van der Waals surface area (Å²) < 4.78 is 0. The van der Waals surface area contributed by atoms with Crippen molar-refractivity contribution in [1.29, 1.82) is 0 Å². The van der Waals surface area contributed by atoms with Crippen LogP contribution < -0.4 is 22.1 Å². The molecule has 35 heavy (non-hydrogen) atoms. The van der Waals surface area contributed by atoms with E-state index in [4.69, 9.17) is 11.5 Å². The van der Waals surface area contributed by atoms with Crippen molar-refractivity contribution in [2.24, 2.45) is 5.73 Å². The minimum atomic E-state index is -0.537. The summed E-state index contributed by atoms with van der Waals surface area (Å²) in [7, 11) is 0. The van der Waals surface area contributed by atoms with E-state index in [2.05, 4.69) is 20.6 Å². The Morgan fingerprint density at radius 3 is 2.46 bits per heavy atom. The largest absolute Gasteiger partial charge is 0.399 e. The smallest absolute Gasteiger partial charge is 0.251 e. The van der Waals surface area contributed by atoms with Crippen molar-refractivity contribution in [1.82, 2.24) is 15.3 Å². The molecule has 6 N–H and O–H groups in total. The molecule has 0 spiro atoms. The molecule has 0 saturated heterocycles. The van der Waals surface area contributed by atoms with Gasteiger partial charge in [0.1, 0.15) is 0 Å². The molecule has 2 aromatic heterocycles. The monoisotopic (exact) mass is 486 g/mol. The Bertz CT molecular complexity index is 1360. The molecule has 8 nitrogen and oxygen atoms in total. The summed E-state index contributed by atoms with van der Waals surface area (Å²) >= 11 is 1.32. The Kier molecular flexibility index (Phi) is 6.90. The first-order valence-corrected chi connectivity index (χ1v) is 11.8. The van der Waals surface area contributed by atoms with E-state index in [1.807, 2.05) is 55.6 Å². The number of carbonyl (C=O) groups is 2. The molecule has 0 saturated carbocycles. The molecule has 4 rings (SSSR count). The molecule has 0 aliphatic heterocycles. The Labute approximate surface area is 207 Å². The van der Waals surface area contributed by atoms with Crippen molar-refractivity contribution in [3.63, 3.8) is 0 Å². The number of amides is 2. The lowest BCUT2D eigenvalue weighted by Gasteiger charge is -2.18. The number of rotatable bonds is 7. The summed E-state index contributed by atoms with van der Waals surface area (Å²) in [5.74, 6) is -0.716. The first kappa shape index (κ1) is 24.1. The van der Waals surface area contributed by atoms with Crippen LogP contribution in [0.1, 0.15) is 29.9 Å². The van der Waals surface area contributed by atoms with Crippen molar-refractivity contribution >= 4 is 34.0 Å². The van der Waals surface area contributed by atoms with Crippen molar-refractivity contribution in [3.05, 3.63) is 83.5 Å². The zero-order valence-corrected chi connectivity index (χ0v) is 20.2. The summed E-state index contributed by atoms with van der Waals surface area (Å²) in [5.41, 5.74) is 16.8. The minimum Gasteiger partial charge on any atom is -0.399 e. The lowest BCUT2D eigenvalue weighted by atomic mass is 9.97. The minimum absolute atomic E-state index is 0.171. The molecule has 178 valence electrons. The summed E-state index contributed by atoms with van der Waals surface area (Å²) in [6.07, 6.45) is 1.76. The number of anilines is 2. The van der Waals surface area contributed by atoms with E-state index in [1.165, 1.54) is 11.3 Å². The van der Waals surface area contributed by atoms with Crippen LogP contribution in [0.4, 0.5) is 10.8 Å². The van der Waals surface area contributed by atoms with Crippen LogP contribution in [0.5, 0.6) is 0 Å². The van der Waals surface area contributed by atoms with Gasteiger partial charge in [0.05, 0.1) is 23.5 Å². The SMILES string of the molecule is CC(C)(N)c1cc(-c2cccc(-c3csc(NC(=O)CNC(=O)c4ccc(N)cc4)n3)c2)ccn1. The fourth-order valence-electron chi connectivity index (χ4n) is 3.34. The molecule has 2 aromatic carbocycles. The van der Waals surface area contributed by atoms with Gasteiger partial charge in [-0.1, -0.05) is 18.2 Å². The molecular weight excluding hydrogens is 460 g/mol. The number of carbonyl (C=O) groups excluding carboxylic acids is 2. The second kappa shape index (κ2) is 10.0. The molecule has 4 aromatic rings. The van der Waals surface area contributed by atoms with Gasteiger partial charge in [-0.25, -0.2) is 4.98 Å². The lowest BCUT2D eigenvalue weighted by Crippen LogP contribution is -2.32. The van der Waals surface area contributed by atoms with Crippen LogP contribution in [-0.4, -0.2) is 28.3 Å². The van der Waals surface area contributed by atoms with Gasteiger partial charge in [-0.05, 0) is 67.4 Å². The average molecular weight is 487 g/mol. The fourth-order valence-corrected chi connectivity index (χ4v) is 4.08. The van der Waals surface area contributed by atoms with E-state index in [0.29, 0.717) is 16.4 Å². The summed E-state index contributed by atoms with van der Waals surface area (Å²) in [6.45, 7) is 3.67. The van der Waals surface area contributed by atoms with Gasteiger partial charge in [0.2, 0.25) is 5.91 Å². The quantitative estimate of drug-likeness (QED) is 0.291. The molecule has 0 unspecified atom stereocenters. The van der Waals surface area contributed by atoms with Crippen LogP contribution in [0, 0.1) is 0 Å². The third-order valence-corrected chi connectivity index (χ3v) is 6.00. The zero-order valence-electron chi connectivity index (χ0n) is 19.4.